The first-order valence-electron chi connectivity index (χ1n) is 6.98. The molecule has 0 saturated carbocycles. The molecule has 2 N–H and O–H groups in total. The van der Waals surface area contributed by atoms with Crippen LogP contribution in [0.15, 0.2) is 29.2 Å². The van der Waals surface area contributed by atoms with Crippen molar-refractivity contribution in [2.45, 2.75) is 30.3 Å². The van der Waals surface area contributed by atoms with Gasteiger partial charge in [0.15, 0.2) is 0 Å². The van der Waals surface area contributed by atoms with Crippen LogP contribution in [-0.4, -0.2) is 45.5 Å². The van der Waals surface area contributed by atoms with Gasteiger partial charge in [-0.2, -0.15) is 0 Å². The molecule has 0 aliphatic carbocycles. The first-order chi connectivity index (χ1) is 9.95. The van der Waals surface area contributed by atoms with E-state index < -0.39 is 15.6 Å². The number of hydrogen-bond donors (Lipinski definition) is 2. The van der Waals surface area contributed by atoms with Gasteiger partial charge in [0.1, 0.15) is 5.75 Å². The number of benzene rings is 1. The Kier molecular flexibility index (Phi) is 5.21. The van der Waals surface area contributed by atoms with Crippen molar-refractivity contribution in [3.05, 3.63) is 24.3 Å². The van der Waals surface area contributed by atoms with Crippen molar-refractivity contribution in [3.8, 4) is 5.75 Å². The zero-order valence-electron chi connectivity index (χ0n) is 12.0. The van der Waals surface area contributed by atoms with Gasteiger partial charge in [-0.1, -0.05) is 0 Å². The van der Waals surface area contributed by atoms with Gasteiger partial charge in [-0.15, -0.1) is 0 Å². The van der Waals surface area contributed by atoms with Crippen LogP contribution in [0.4, 0.5) is 0 Å². The molecule has 21 heavy (non-hydrogen) atoms. The highest BCUT2D eigenvalue weighted by molar-refractivity contribution is 7.89. The lowest BCUT2D eigenvalue weighted by molar-refractivity contribution is -0.0588. The highest BCUT2D eigenvalue weighted by atomic mass is 32.2. The van der Waals surface area contributed by atoms with Crippen molar-refractivity contribution in [1.29, 1.82) is 0 Å². The number of rotatable bonds is 6. The number of nitrogens with one attached hydrogen (secondary N) is 1. The number of hydrogen-bond acceptors (Lipinski definition) is 5. The van der Waals surface area contributed by atoms with Crippen LogP contribution in [0, 0.1) is 0 Å². The van der Waals surface area contributed by atoms with E-state index in [-0.39, 0.29) is 11.4 Å². The van der Waals surface area contributed by atoms with Gasteiger partial charge < -0.3 is 14.6 Å². The molecule has 0 atom stereocenters. The van der Waals surface area contributed by atoms with Gasteiger partial charge in [0.05, 0.1) is 17.1 Å². The van der Waals surface area contributed by atoms with Crippen molar-refractivity contribution in [1.82, 2.24) is 4.72 Å². The summed E-state index contributed by atoms with van der Waals surface area (Å²) < 4.78 is 37.3. The zero-order chi connectivity index (χ0) is 15.3. The van der Waals surface area contributed by atoms with E-state index in [0.717, 1.165) is 0 Å². The Morgan fingerprint density at radius 1 is 1.29 bits per heavy atom. The molecule has 0 unspecified atom stereocenters. The van der Waals surface area contributed by atoms with Crippen LogP contribution in [0.25, 0.3) is 0 Å². The molecule has 1 saturated heterocycles. The fraction of sp³-hybridized carbons (Fsp3) is 0.571. The molecule has 1 aliphatic rings. The number of aliphatic hydroxyl groups is 1. The first kappa shape index (κ1) is 16.2. The summed E-state index contributed by atoms with van der Waals surface area (Å²) in [4.78, 5) is 0.154. The van der Waals surface area contributed by atoms with Crippen molar-refractivity contribution in [2.75, 3.05) is 26.4 Å². The maximum absolute atomic E-state index is 12.2. The molecule has 118 valence electrons. The standard InChI is InChI=1S/C14H21NO5S/c1-2-20-12-3-5-13(6-4-12)21(17,18)15-11-14(16)7-9-19-10-8-14/h3-6,15-16H,2,7-11H2,1H3. The molecule has 0 aromatic heterocycles. The Bertz CT molecular complexity index is 549. The monoisotopic (exact) mass is 315 g/mol. The summed E-state index contributed by atoms with van der Waals surface area (Å²) in [5.74, 6) is 0.625. The molecule has 1 heterocycles. The van der Waals surface area contributed by atoms with Gasteiger partial charge in [0.2, 0.25) is 10.0 Å². The highest BCUT2D eigenvalue weighted by Gasteiger charge is 2.31. The van der Waals surface area contributed by atoms with Crippen LogP contribution in [0.3, 0.4) is 0 Å². The maximum Gasteiger partial charge on any atom is 0.240 e. The normalized spacial score (nSPS) is 18.4. The summed E-state index contributed by atoms with van der Waals surface area (Å²) in [6.45, 7) is 3.27. The smallest absolute Gasteiger partial charge is 0.240 e. The summed E-state index contributed by atoms with van der Waals surface area (Å²) in [5, 5.41) is 10.3. The van der Waals surface area contributed by atoms with Crippen LogP contribution in [0.2, 0.25) is 0 Å². The summed E-state index contributed by atoms with van der Waals surface area (Å²) in [7, 11) is -3.64. The quantitative estimate of drug-likeness (QED) is 0.815. The fourth-order valence-corrected chi connectivity index (χ4v) is 3.24. The van der Waals surface area contributed by atoms with Gasteiger partial charge in [0.25, 0.3) is 0 Å². The summed E-state index contributed by atoms with van der Waals surface area (Å²) in [5.41, 5.74) is -1.03. The summed E-state index contributed by atoms with van der Waals surface area (Å²) >= 11 is 0. The van der Waals surface area contributed by atoms with Crippen LogP contribution in [0.5, 0.6) is 5.75 Å². The Morgan fingerprint density at radius 2 is 1.90 bits per heavy atom. The molecular formula is C14H21NO5S. The number of sulfonamides is 1. The van der Waals surface area contributed by atoms with Crippen molar-refractivity contribution >= 4 is 10.0 Å². The minimum absolute atomic E-state index is 0.00803. The lowest BCUT2D eigenvalue weighted by atomic mass is 9.95. The number of ether oxygens (including phenoxy) is 2. The molecule has 2 rings (SSSR count). The molecule has 1 aromatic rings. The van der Waals surface area contributed by atoms with E-state index in [1.165, 1.54) is 12.1 Å². The van der Waals surface area contributed by atoms with Gasteiger partial charge in [-0.25, -0.2) is 13.1 Å². The molecule has 0 bridgehead atoms. The van der Waals surface area contributed by atoms with Crippen molar-refractivity contribution in [2.24, 2.45) is 0 Å². The molecule has 0 spiro atoms. The van der Waals surface area contributed by atoms with Gasteiger partial charge in [-0.05, 0) is 31.2 Å². The lowest BCUT2D eigenvalue weighted by Gasteiger charge is -2.31. The minimum Gasteiger partial charge on any atom is -0.494 e. The van der Waals surface area contributed by atoms with Crippen LogP contribution in [0.1, 0.15) is 19.8 Å². The largest absolute Gasteiger partial charge is 0.494 e. The van der Waals surface area contributed by atoms with Crippen molar-refractivity contribution < 1.29 is 23.0 Å². The Hall–Kier alpha value is -1.15. The SMILES string of the molecule is CCOc1ccc(S(=O)(=O)NCC2(O)CCOCC2)cc1. The molecule has 1 fully saturated rings. The summed E-state index contributed by atoms with van der Waals surface area (Å²) in [6, 6.07) is 6.20. The van der Waals surface area contributed by atoms with Gasteiger partial charge >= 0.3 is 0 Å². The Balaban J connectivity index is 2.00. The average molecular weight is 315 g/mol. The molecule has 1 aliphatic heterocycles. The van der Waals surface area contributed by atoms with E-state index in [1.807, 2.05) is 6.92 Å². The Labute approximate surface area is 125 Å². The lowest BCUT2D eigenvalue weighted by Crippen LogP contribution is -2.46. The van der Waals surface area contributed by atoms with E-state index in [2.05, 4.69) is 4.72 Å². The third-order valence-corrected chi connectivity index (χ3v) is 4.88. The second-order valence-corrected chi connectivity index (χ2v) is 6.83. The summed E-state index contributed by atoms with van der Waals surface area (Å²) in [6.07, 6.45) is 0.859. The second kappa shape index (κ2) is 6.74. The van der Waals surface area contributed by atoms with E-state index in [4.69, 9.17) is 9.47 Å². The molecule has 0 radical (unpaired) electrons. The fourth-order valence-electron chi connectivity index (χ4n) is 2.12. The van der Waals surface area contributed by atoms with Crippen LogP contribution >= 0.6 is 0 Å². The predicted molar refractivity (Wildman–Crippen MR) is 77.8 cm³/mol. The maximum atomic E-state index is 12.2. The van der Waals surface area contributed by atoms with E-state index >= 15 is 0 Å². The second-order valence-electron chi connectivity index (χ2n) is 5.07. The topological polar surface area (TPSA) is 84.9 Å². The molecule has 1 aromatic carbocycles. The third kappa shape index (κ3) is 4.41. The minimum atomic E-state index is -3.64. The van der Waals surface area contributed by atoms with E-state index in [9.17, 15) is 13.5 Å². The van der Waals surface area contributed by atoms with Gasteiger partial charge in [-0.3, -0.25) is 0 Å². The van der Waals surface area contributed by atoms with E-state index in [0.29, 0.717) is 38.4 Å². The van der Waals surface area contributed by atoms with Crippen LogP contribution < -0.4 is 9.46 Å². The average Bonchev–Trinajstić information content (AvgIpc) is 2.47. The molecule has 0 amide bonds. The molecule has 7 heteroatoms. The first-order valence-corrected chi connectivity index (χ1v) is 8.46. The zero-order valence-corrected chi connectivity index (χ0v) is 12.9. The molecule has 6 nitrogen and oxygen atoms in total. The molecular weight excluding hydrogens is 294 g/mol. The van der Waals surface area contributed by atoms with Crippen LogP contribution in [-0.2, 0) is 14.8 Å². The predicted octanol–water partition coefficient (Wildman–Crippen LogP) is 0.905. The highest BCUT2D eigenvalue weighted by Crippen LogP contribution is 2.21. The Morgan fingerprint density at radius 3 is 2.48 bits per heavy atom. The van der Waals surface area contributed by atoms with Crippen molar-refractivity contribution in [3.63, 3.8) is 0 Å². The third-order valence-electron chi connectivity index (χ3n) is 3.46. The van der Waals surface area contributed by atoms with Gasteiger partial charge in [0, 0.05) is 32.6 Å². The van der Waals surface area contributed by atoms with E-state index in [1.54, 1.807) is 12.1 Å².